The summed E-state index contributed by atoms with van der Waals surface area (Å²) in [6.45, 7) is 11.7. The van der Waals surface area contributed by atoms with Crippen molar-refractivity contribution in [2.75, 3.05) is 0 Å². The van der Waals surface area contributed by atoms with Crippen molar-refractivity contribution in [2.24, 2.45) is 7.05 Å². The Balaban J connectivity index is 2.50. The molecule has 8 heteroatoms. The van der Waals surface area contributed by atoms with Crippen molar-refractivity contribution in [1.82, 2.24) is 4.57 Å². The summed E-state index contributed by atoms with van der Waals surface area (Å²) in [5.41, 5.74) is 8.21. The smallest absolute Gasteiger partial charge is 0.347 e. The van der Waals surface area contributed by atoms with Crippen LogP contribution in [-0.4, -0.2) is 27.1 Å². The zero-order valence-electron chi connectivity index (χ0n) is 19.7. The van der Waals surface area contributed by atoms with Crippen molar-refractivity contribution in [3.8, 4) is 0 Å². The number of rotatable bonds is 6. The summed E-state index contributed by atoms with van der Waals surface area (Å²) in [5.74, 6) is 0. The number of allylic oxidation sites excluding steroid dienone is 2. The number of benzene rings is 1. The van der Waals surface area contributed by atoms with E-state index in [9.17, 15) is 18.7 Å². The van der Waals surface area contributed by atoms with Crippen LogP contribution >= 0.6 is 0 Å². The summed E-state index contributed by atoms with van der Waals surface area (Å²) >= 11 is 0. The first-order chi connectivity index (χ1) is 15.1. The number of nitrogens with zero attached hydrogens (tertiary/aromatic N) is 3. The van der Waals surface area contributed by atoms with E-state index in [1.54, 1.807) is 19.1 Å². The monoisotopic (exact) mass is 440 g/mol. The van der Waals surface area contributed by atoms with Crippen molar-refractivity contribution in [3.63, 3.8) is 0 Å². The van der Waals surface area contributed by atoms with Crippen LogP contribution in [0.5, 0.6) is 0 Å². The zero-order chi connectivity index (χ0) is 23.9. The Labute approximate surface area is 188 Å². The Bertz CT molecular complexity index is 1190. The highest BCUT2D eigenvalue weighted by Crippen LogP contribution is 2.40. The summed E-state index contributed by atoms with van der Waals surface area (Å²) in [4.78, 5) is 10.7. The van der Waals surface area contributed by atoms with E-state index in [0.29, 0.717) is 29.0 Å². The zero-order valence-corrected chi connectivity index (χ0v) is 19.7. The predicted octanol–water partition coefficient (Wildman–Crippen LogP) is 6.01. The van der Waals surface area contributed by atoms with Gasteiger partial charge in [-0.05, 0) is 62.4 Å². The summed E-state index contributed by atoms with van der Waals surface area (Å²) in [6.07, 6.45) is 1.47. The highest BCUT2D eigenvalue weighted by Gasteiger charge is 2.47. The fourth-order valence-corrected chi connectivity index (χ4v) is 5.03. The van der Waals surface area contributed by atoms with Crippen LogP contribution in [0.4, 0.5) is 14.3 Å². The number of hydrogen-bond donors (Lipinski definition) is 0. The molecule has 0 saturated carbocycles. The first-order valence-electron chi connectivity index (χ1n) is 10.8. The van der Waals surface area contributed by atoms with Crippen LogP contribution in [0.15, 0.2) is 41.1 Å². The van der Waals surface area contributed by atoms with E-state index in [1.807, 2.05) is 39.3 Å². The molecule has 0 spiro atoms. The molecular formula is C24H29BF2N3O2+. The van der Waals surface area contributed by atoms with Crippen molar-refractivity contribution in [1.29, 1.82) is 0 Å². The van der Waals surface area contributed by atoms with Crippen LogP contribution < -0.4 is 0 Å². The summed E-state index contributed by atoms with van der Waals surface area (Å²) in [5, 5.41) is 11.2. The maximum absolute atomic E-state index is 14.4. The largest absolute Gasteiger partial charge is 0.934 e. The molecule has 1 aromatic heterocycles. The van der Waals surface area contributed by atoms with Crippen molar-refractivity contribution in [3.05, 3.63) is 79.3 Å². The number of nitro benzene ring substituents is 1. The highest BCUT2D eigenvalue weighted by atomic mass is 19.2. The average Bonchev–Trinajstić information content (AvgIpc) is 3.12. The molecule has 0 saturated heterocycles. The minimum Gasteiger partial charge on any atom is -0.347 e. The fraction of sp³-hybridized carbons (Fsp3) is 0.375. The van der Waals surface area contributed by atoms with Crippen LogP contribution in [-0.2, 0) is 13.5 Å². The highest BCUT2D eigenvalue weighted by molar-refractivity contribution is 6.35. The molecule has 0 atom stereocenters. The molecule has 1 aromatic carbocycles. The first-order valence-corrected chi connectivity index (χ1v) is 10.8. The van der Waals surface area contributed by atoms with E-state index in [-0.39, 0.29) is 5.69 Å². The van der Waals surface area contributed by atoms with Gasteiger partial charge < -0.3 is 4.57 Å². The average molecular weight is 440 g/mol. The van der Waals surface area contributed by atoms with Crippen LogP contribution in [0.25, 0.3) is 5.57 Å². The summed E-state index contributed by atoms with van der Waals surface area (Å²) in [7, 11) is -0.759. The molecule has 0 N–H and O–H groups in total. The first kappa shape index (κ1) is 23.6. The van der Waals surface area contributed by atoms with Crippen LogP contribution in [0.2, 0.25) is 0 Å². The molecule has 1 aliphatic rings. The van der Waals surface area contributed by atoms with Crippen molar-refractivity contribution < 1.29 is 18.0 Å². The number of hydrogen-bond acceptors (Lipinski definition) is 2. The number of non-ortho nitro benzene ring substituents is 1. The van der Waals surface area contributed by atoms with E-state index in [4.69, 9.17) is 0 Å². The van der Waals surface area contributed by atoms with Gasteiger partial charge in [0.25, 0.3) is 5.69 Å². The van der Waals surface area contributed by atoms with Gasteiger partial charge in [0.05, 0.1) is 16.2 Å². The fourth-order valence-electron chi connectivity index (χ4n) is 5.03. The van der Waals surface area contributed by atoms with Gasteiger partial charge in [-0.2, -0.15) is 0 Å². The molecule has 0 unspecified atom stereocenters. The molecule has 0 radical (unpaired) electrons. The molecule has 32 heavy (non-hydrogen) atoms. The standard InChI is InChI=1S/C24H29BF2N3O2/c1-8-20-14(3)23(28(7)16(20)5)22(18-10-12-19(13-11-18)30(31)32)24-15(4)21(9-2)17(6)29(24)25(26)27/h10-13H,8-9H2,1-7H3/q+1. The van der Waals surface area contributed by atoms with Crippen molar-refractivity contribution in [2.45, 2.75) is 54.4 Å². The Morgan fingerprint density at radius 1 is 1.09 bits per heavy atom. The molecule has 0 bridgehead atoms. The molecule has 2 aromatic rings. The number of aromatic nitrogens is 1. The molecule has 0 fully saturated rings. The van der Waals surface area contributed by atoms with Crippen molar-refractivity contribution >= 4 is 24.4 Å². The number of halogens is 2. The predicted molar refractivity (Wildman–Crippen MR) is 125 cm³/mol. The van der Waals surface area contributed by atoms with Gasteiger partial charge in [0.2, 0.25) is 0 Å². The SMILES string of the molecule is CCC1=C(C)C(=C(c2ccc([N+](=O)[O-])cc2)c2c(C)c(CC)c(C)n2C)[N+](B(F)F)=C1C. The quantitative estimate of drug-likeness (QED) is 0.314. The third-order valence-corrected chi connectivity index (χ3v) is 6.67. The maximum Gasteiger partial charge on any atom is 0.934 e. The molecule has 0 amide bonds. The second-order valence-corrected chi connectivity index (χ2v) is 8.17. The van der Waals surface area contributed by atoms with Crippen LogP contribution in [0, 0.1) is 24.0 Å². The second kappa shape index (κ2) is 8.84. The van der Waals surface area contributed by atoms with Crippen LogP contribution in [0.1, 0.15) is 62.2 Å². The van der Waals surface area contributed by atoms with Crippen LogP contribution in [0.3, 0.4) is 0 Å². The second-order valence-electron chi connectivity index (χ2n) is 8.17. The molecule has 3 rings (SSSR count). The Kier molecular flexibility index (Phi) is 6.53. The molecule has 2 heterocycles. The Morgan fingerprint density at radius 2 is 1.69 bits per heavy atom. The van der Waals surface area contributed by atoms with E-state index in [1.165, 1.54) is 17.7 Å². The summed E-state index contributed by atoms with van der Waals surface area (Å²) in [6, 6.07) is 6.17. The lowest BCUT2D eigenvalue weighted by Crippen LogP contribution is -2.26. The maximum atomic E-state index is 14.4. The van der Waals surface area contributed by atoms with E-state index >= 15 is 0 Å². The van der Waals surface area contributed by atoms with Gasteiger partial charge in [-0.3, -0.25) is 10.1 Å². The Hall–Kier alpha value is -3.03. The van der Waals surface area contributed by atoms with Gasteiger partial charge in [0.15, 0.2) is 11.4 Å². The van der Waals surface area contributed by atoms with Gasteiger partial charge >= 0.3 is 7.40 Å². The van der Waals surface area contributed by atoms with E-state index < -0.39 is 12.3 Å². The minimum absolute atomic E-state index is 0.0338. The van der Waals surface area contributed by atoms with E-state index in [0.717, 1.165) is 39.0 Å². The molecule has 168 valence electrons. The third kappa shape index (κ3) is 3.61. The lowest BCUT2D eigenvalue weighted by Gasteiger charge is -2.15. The summed E-state index contributed by atoms with van der Waals surface area (Å²) < 4.78 is 31.9. The lowest BCUT2D eigenvalue weighted by atomic mass is 9.92. The molecule has 0 aliphatic carbocycles. The third-order valence-electron chi connectivity index (χ3n) is 6.67. The topological polar surface area (TPSA) is 51.1 Å². The molecular weight excluding hydrogens is 411 g/mol. The lowest BCUT2D eigenvalue weighted by molar-refractivity contribution is -0.384. The van der Waals surface area contributed by atoms with Gasteiger partial charge in [-0.15, -0.1) is 0 Å². The van der Waals surface area contributed by atoms with E-state index in [2.05, 4.69) is 6.92 Å². The Morgan fingerprint density at radius 3 is 2.12 bits per heavy atom. The van der Waals surface area contributed by atoms with Gasteiger partial charge in [-0.25, -0.2) is 13.1 Å². The number of nitro groups is 1. The normalized spacial score (nSPS) is 15.7. The minimum atomic E-state index is -2.70. The van der Waals surface area contributed by atoms with Gasteiger partial charge in [0, 0.05) is 42.9 Å². The molecule has 1 aliphatic heterocycles. The molecule has 5 nitrogen and oxygen atoms in total. The van der Waals surface area contributed by atoms with Gasteiger partial charge in [0.1, 0.15) is 0 Å². The van der Waals surface area contributed by atoms with Gasteiger partial charge in [-0.1, -0.05) is 13.8 Å².